The molecule has 1 atom stereocenters. The Morgan fingerprint density at radius 1 is 1.05 bits per heavy atom. The zero-order chi connectivity index (χ0) is 13.5. The van der Waals surface area contributed by atoms with Crippen LogP contribution in [0.2, 0.25) is 0 Å². The molecule has 0 N–H and O–H groups in total. The SMILES string of the molecule is CO[C@H](C#N)c1ccc(OCc2ccccc2)cc1. The maximum absolute atomic E-state index is 8.89. The van der Waals surface area contributed by atoms with Crippen LogP contribution in [0.25, 0.3) is 0 Å². The Bertz CT molecular complexity index is 543. The lowest BCUT2D eigenvalue weighted by molar-refractivity contribution is 0.148. The monoisotopic (exact) mass is 253 g/mol. The predicted molar refractivity (Wildman–Crippen MR) is 72.6 cm³/mol. The number of nitrogens with zero attached hydrogens (tertiary/aromatic N) is 1. The third-order valence-corrected chi connectivity index (χ3v) is 2.78. The van der Waals surface area contributed by atoms with Crippen LogP contribution in [0.15, 0.2) is 54.6 Å². The van der Waals surface area contributed by atoms with Gasteiger partial charge in [-0.15, -0.1) is 0 Å². The molecule has 2 aromatic carbocycles. The van der Waals surface area contributed by atoms with Gasteiger partial charge in [0.15, 0.2) is 6.10 Å². The van der Waals surface area contributed by atoms with Crippen LogP contribution in [-0.4, -0.2) is 7.11 Å². The molecule has 0 amide bonds. The average Bonchev–Trinajstić information content (AvgIpc) is 2.49. The Balaban J connectivity index is 1.98. The first-order valence-corrected chi connectivity index (χ1v) is 6.02. The molecule has 3 nitrogen and oxygen atoms in total. The van der Waals surface area contributed by atoms with E-state index >= 15 is 0 Å². The van der Waals surface area contributed by atoms with E-state index in [2.05, 4.69) is 6.07 Å². The second-order valence-corrected chi connectivity index (χ2v) is 4.09. The Morgan fingerprint density at radius 3 is 2.32 bits per heavy atom. The second-order valence-electron chi connectivity index (χ2n) is 4.09. The summed E-state index contributed by atoms with van der Waals surface area (Å²) in [6.07, 6.45) is -0.525. The van der Waals surface area contributed by atoms with Crippen LogP contribution in [0.4, 0.5) is 0 Å². The topological polar surface area (TPSA) is 42.2 Å². The third kappa shape index (κ3) is 3.57. The minimum atomic E-state index is -0.525. The van der Waals surface area contributed by atoms with Gasteiger partial charge >= 0.3 is 0 Å². The van der Waals surface area contributed by atoms with Gasteiger partial charge in [0.2, 0.25) is 0 Å². The molecule has 3 heteroatoms. The number of nitriles is 1. The average molecular weight is 253 g/mol. The molecule has 0 saturated heterocycles. The number of methoxy groups -OCH3 is 1. The Hall–Kier alpha value is -2.31. The second kappa shape index (κ2) is 6.58. The molecule has 2 rings (SSSR count). The van der Waals surface area contributed by atoms with Gasteiger partial charge < -0.3 is 9.47 Å². The van der Waals surface area contributed by atoms with E-state index in [9.17, 15) is 0 Å². The van der Waals surface area contributed by atoms with Gasteiger partial charge in [-0.1, -0.05) is 42.5 Å². The van der Waals surface area contributed by atoms with E-state index in [1.54, 1.807) is 0 Å². The maximum atomic E-state index is 8.89. The van der Waals surface area contributed by atoms with Crippen LogP contribution in [0, 0.1) is 11.3 Å². The smallest absolute Gasteiger partial charge is 0.168 e. The van der Waals surface area contributed by atoms with Crippen molar-refractivity contribution < 1.29 is 9.47 Å². The Morgan fingerprint density at radius 2 is 1.74 bits per heavy atom. The van der Waals surface area contributed by atoms with Crippen LogP contribution >= 0.6 is 0 Å². The molecule has 0 fully saturated rings. The van der Waals surface area contributed by atoms with Gasteiger partial charge in [0.25, 0.3) is 0 Å². The highest BCUT2D eigenvalue weighted by Gasteiger charge is 2.08. The summed E-state index contributed by atoms with van der Waals surface area (Å²) in [5.41, 5.74) is 1.95. The highest BCUT2D eigenvalue weighted by Crippen LogP contribution is 2.20. The van der Waals surface area contributed by atoms with E-state index in [1.165, 1.54) is 7.11 Å². The lowest BCUT2D eigenvalue weighted by Gasteiger charge is -2.09. The van der Waals surface area contributed by atoms with Crippen LogP contribution in [-0.2, 0) is 11.3 Å². The molecule has 96 valence electrons. The molecule has 0 saturated carbocycles. The van der Waals surface area contributed by atoms with E-state index in [0.29, 0.717) is 6.61 Å². The summed E-state index contributed by atoms with van der Waals surface area (Å²) in [5.74, 6) is 0.778. The van der Waals surface area contributed by atoms with E-state index in [0.717, 1.165) is 16.9 Å². The quantitative estimate of drug-likeness (QED) is 0.819. The van der Waals surface area contributed by atoms with Crippen LogP contribution in [0.1, 0.15) is 17.2 Å². The minimum absolute atomic E-state index is 0.525. The molecule has 0 unspecified atom stereocenters. The molecule has 0 aliphatic rings. The van der Waals surface area contributed by atoms with Crippen molar-refractivity contribution in [3.05, 3.63) is 65.7 Å². The molecule has 0 aliphatic heterocycles. The van der Waals surface area contributed by atoms with Crippen molar-refractivity contribution >= 4 is 0 Å². The number of hydrogen-bond donors (Lipinski definition) is 0. The number of benzene rings is 2. The van der Waals surface area contributed by atoms with Crippen molar-refractivity contribution in [3.63, 3.8) is 0 Å². The highest BCUT2D eigenvalue weighted by atomic mass is 16.5. The van der Waals surface area contributed by atoms with E-state index in [4.69, 9.17) is 14.7 Å². The first-order chi connectivity index (χ1) is 9.33. The van der Waals surface area contributed by atoms with Crippen molar-refractivity contribution in [3.8, 4) is 11.8 Å². The van der Waals surface area contributed by atoms with E-state index < -0.39 is 6.10 Å². The largest absolute Gasteiger partial charge is 0.489 e. The lowest BCUT2D eigenvalue weighted by atomic mass is 10.1. The molecule has 0 spiro atoms. The fourth-order valence-electron chi connectivity index (χ4n) is 1.74. The molecular weight excluding hydrogens is 238 g/mol. The molecule has 0 bridgehead atoms. The summed E-state index contributed by atoms with van der Waals surface area (Å²) in [5, 5.41) is 8.89. The standard InChI is InChI=1S/C16H15NO2/c1-18-16(11-17)14-7-9-15(10-8-14)19-12-13-5-3-2-4-6-13/h2-10,16H,12H2,1H3/t16-/m1/s1. The molecule has 0 aliphatic carbocycles. The van der Waals surface area contributed by atoms with Gasteiger partial charge in [-0.25, -0.2) is 0 Å². The van der Waals surface area contributed by atoms with Crippen molar-refractivity contribution in [2.75, 3.05) is 7.11 Å². The summed E-state index contributed by atoms with van der Waals surface area (Å²) >= 11 is 0. The van der Waals surface area contributed by atoms with Gasteiger partial charge in [-0.2, -0.15) is 5.26 Å². The number of hydrogen-bond acceptors (Lipinski definition) is 3. The fraction of sp³-hybridized carbons (Fsp3) is 0.188. The highest BCUT2D eigenvalue weighted by molar-refractivity contribution is 5.31. The van der Waals surface area contributed by atoms with E-state index in [-0.39, 0.29) is 0 Å². The first kappa shape index (κ1) is 13.1. The molecule has 0 radical (unpaired) electrons. The minimum Gasteiger partial charge on any atom is -0.489 e. The Labute approximate surface area is 113 Å². The molecule has 19 heavy (non-hydrogen) atoms. The summed E-state index contributed by atoms with van der Waals surface area (Å²) < 4.78 is 10.7. The third-order valence-electron chi connectivity index (χ3n) is 2.78. The van der Waals surface area contributed by atoms with Crippen LogP contribution < -0.4 is 4.74 Å². The molecule has 0 heterocycles. The van der Waals surface area contributed by atoms with Crippen molar-refractivity contribution in [2.45, 2.75) is 12.7 Å². The van der Waals surface area contributed by atoms with Gasteiger partial charge in [0.05, 0.1) is 6.07 Å². The van der Waals surface area contributed by atoms with Gasteiger partial charge in [-0.05, 0) is 23.3 Å². The normalized spacial score (nSPS) is 11.6. The fourth-order valence-corrected chi connectivity index (χ4v) is 1.74. The summed E-state index contributed by atoms with van der Waals surface area (Å²) in [4.78, 5) is 0. The zero-order valence-corrected chi connectivity index (χ0v) is 10.7. The number of ether oxygens (including phenoxy) is 2. The lowest BCUT2D eigenvalue weighted by Crippen LogP contribution is -1.99. The molecule has 0 aromatic heterocycles. The van der Waals surface area contributed by atoms with Gasteiger partial charge in [-0.3, -0.25) is 0 Å². The first-order valence-electron chi connectivity index (χ1n) is 6.02. The van der Waals surface area contributed by atoms with Crippen molar-refractivity contribution in [1.82, 2.24) is 0 Å². The van der Waals surface area contributed by atoms with Crippen LogP contribution in [0.3, 0.4) is 0 Å². The summed E-state index contributed by atoms with van der Waals surface area (Å²) in [6.45, 7) is 0.534. The van der Waals surface area contributed by atoms with Crippen LogP contribution in [0.5, 0.6) is 5.75 Å². The number of rotatable bonds is 5. The predicted octanol–water partition coefficient (Wildman–Crippen LogP) is 3.48. The maximum Gasteiger partial charge on any atom is 0.168 e. The van der Waals surface area contributed by atoms with Crippen molar-refractivity contribution in [2.24, 2.45) is 0 Å². The van der Waals surface area contributed by atoms with Gasteiger partial charge in [0, 0.05) is 7.11 Å². The zero-order valence-electron chi connectivity index (χ0n) is 10.7. The van der Waals surface area contributed by atoms with Crippen molar-refractivity contribution in [1.29, 1.82) is 5.26 Å². The molecular formula is C16H15NO2. The Kier molecular flexibility index (Phi) is 4.54. The summed E-state index contributed by atoms with van der Waals surface area (Å²) in [6, 6.07) is 19.5. The molecule has 2 aromatic rings. The van der Waals surface area contributed by atoms with Gasteiger partial charge in [0.1, 0.15) is 12.4 Å². The van der Waals surface area contributed by atoms with E-state index in [1.807, 2.05) is 54.6 Å². The summed E-state index contributed by atoms with van der Waals surface area (Å²) in [7, 11) is 1.52.